The highest BCUT2D eigenvalue weighted by Crippen LogP contribution is 2.00. The van der Waals surface area contributed by atoms with Gasteiger partial charge in [-0.3, -0.25) is 0 Å². The van der Waals surface area contributed by atoms with Crippen molar-refractivity contribution in [1.82, 2.24) is 4.98 Å². The molecule has 0 fully saturated rings. The molecule has 1 aromatic heterocycles. The molecule has 1 aromatic rings. The summed E-state index contributed by atoms with van der Waals surface area (Å²) in [5.41, 5.74) is 4.40. The second-order valence-electron chi connectivity index (χ2n) is 3.11. The highest BCUT2D eigenvalue weighted by Gasteiger charge is 2.04. The number of nitrogens with one attached hydrogen (secondary N) is 1. The third-order valence-corrected chi connectivity index (χ3v) is 1.73. The van der Waals surface area contributed by atoms with Gasteiger partial charge in [-0.25, -0.2) is 4.98 Å². The van der Waals surface area contributed by atoms with Crippen LogP contribution in [0.3, 0.4) is 0 Å². The normalized spacial score (nSPS) is 10.6. The van der Waals surface area contributed by atoms with E-state index in [1.165, 1.54) is 0 Å². The van der Waals surface area contributed by atoms with E-state index in [4.69, 9.17) is 32.3 Å². The lowest BCUT2D eigenvalue weighted by Gasteiger charge is -2.11. The van der Waals surface area contributed by atoms with Gasteiger partial charge in [0.05, 0.1) is 6.61 Å². The van der Waals surface area contributed by atoms with Crippen molar-refractivity contribution in [3.63, 3.8) is 0 Å². The molecule has 19 heavy (non-hydrogen) atoms. The fourth-order valence-corrected chi connectivity index (χ4v) is 0.975. The van der Waals surface area contributed by atoms with Gasteiger partial charge in [0.1, 0.15) is 18.5 Å². The molecule has 0 aliphatic rings. The number of pyridine rings is 1. The maximum absolute atomic E-state index is 8.99. The molecule has 0 saturated carbocycles. The monoisotopic (exact) mass is 305 g/mol. The van der Waals surface area contributed by atoms with Crippen LogP contribution in [0.15, 0.2) is 24.4 Å². The summed E-state index contributed by atoms with van der Waals surface area (Å²) in [7, 11) is 0. The lowest BCUT2D eigenvalue weighted by Crippen LogP contribution is -2.24. The predicted octanol–water partition coefficient (Wildman–Crippen LogP) is -0.0638. The van der Waals surface area contributed by atoms with Gasteiger partial charge in [0.25, 0.3) is 10.3 Å². The Labute approximate surface area is 121 Å². The molecule has 0 spiro atoms. The Morgan fingerprint density at radius 1 is 1.47 bits per heavy atom. The quantitative estimate of drug-likeness (QED) is 0.487. The standard InChI is InChI=1S/C9H12N2O3S.CH3NOS/c12-5-7(13)6-14-9(15)11-8-3-1-2-4-10-8;2-1(3)4/h1-4,7,12-13H,5-6H2,(H,10,11,15);(H3,2,3,4). The molecule has 0 amide bonds. The van der Waals surface area contributed by atoms with Crippen molar-refractivity contribution in [2.24, 2.45) is 5.73 Å². The second-order valence-corrected chi connectivity index (χ2v) is 3.90. The van der Waals surface area contributed by atoms with Gasteiger partial charge in [0.2, 0.25) is 0 Å². The molecule has 0 aromatic carbocycles. The number of ether oxygens (including phenoxy) is 1. The van der Waals surface area contributed by atoms with Crippen molar-refractivity contribution in [3.8, 4) is 0 Å². The van der Waals surface area contributed by atoms with Crippen molar-refractivity contribution in [1.29, 1.82) is 0 Å². The zero-order chi connectivity index (χ0) is 14.7. The summed E-state index contributed by atoms with van der Waals surface area (Å²) in [5.74, 6) is 0.570. The van der Waals surface area contributed by atoms with Gasteiger partial charge in [-0.2, -0.15) is 0 Å². The van der Waals surface area contributed by atoms with E-state index in [1.807, 2.05) is 0 Å². The number of aliphatic hydroxyl groups excluding tert-OH is 3. The molecule has 7 nitrogen and oxygen atoms in total. The summed E-state index contributed by atoms with van der Waals surface area (Å²) in [5, 5.41) is 27.4. The smallest absolute Gasteiger partial charge is 0.262 e. The number of nitrogens with two attached hydrogens (primary N) is 1. The first-order chi connectivity index (χ1) is 8.95. The molecule has 6 N–H and O–H groups in total. The number of hydrogen-bond acceptors (Lipinski definition) is 6. The van der Waals surface area contributed by atoms with E-state index in [-0.39, 0.29) is 18.4 Å². The van der Waals surface area contributed by atoms with E-state index in [0.717, 1.165) is 0 Å². The molecule has 9 heteroatoms. The van der Waals surface area contributed by atoms with Gasteiger partial charge in [-0.15, -0.1) is 0 Å². The Kier molecular flexibility index (Phi) is 9.53. The number of nitrogens with zero attached hydrogens (tertiary/aromatic N) is 1. The number of thiocarbonyl (C=S) groups is 2. The number of rotatable bonds is 4. The van der Waals surface area contributed by atoms with Crippen molar-refractivity contribution in [3.05, 3.63) is 24.4 Å². The predicted molar refractivity (Wildman–Crippen MR) is 78.9 cm³/mol. The molecule has 0 saturated heterocycles. The van der Waals surface area contributed by atoms with E-state index in [2.05, 4.69) is 28.3 Å². The molecule has 0 aliphatic heterocycles. The first-order valence-electron chi connectivity index (χ1n) is 5.07. The second kappa shape index (κ2) is 10.4. The van der Waals surface area contributed by atoms with Gasteiger partial charge in [-0.05, 0) is 36.6 Å². The Hall–Kier alpha value is -1.55. The Balaban J connectivity index is 0.000000711. The molecule has 106 valence electrons. The summed E-state index contributed by atoms with van der Waals surface area (Å²) in [6, 6.07) is 5.32. The third kappa shape index (κ3) is 11.3. The zero-order valence-electron chi connectivity index (χ0n) is 9.89. The maximum Gasteiger partial charge on any atom is 0.262 e. The van der Waals surface area contributed by atoms with Gasteiger partial charge in [-0.1, -0.05) is 6.07 Å². The first kappa shape index (κ1) is 17.4. The van der Waals surface area contributed by atoms with Gasteiger partial charge < -0.3 is 31.1 Å². The Morgan fingerprint density at radius 2 is 2.11 bits per heavy atom. The Bertz CT molecular complexity index is 388. The van der Waals surface area contributed by atoms with Crippen LogP contribution >= 0.6 is 24.4 Å². The number of anilines is 1. The average Bonchev–Trinajstić information content (AvgIpc) is 2.36. The molecule has 1 unspecified atom stereocenters. The van der Waals surface area contributed by atoms with Crippen LogP contribution in [0.2, 0.25) is 0 Å². The molecular formula is C10H15N3O4S2. The molecule has 1 atom stereocenters. The maximum atomic E-state index is 8.99. The topological polar surface area (TPSA) is 121 Å². The minimum Gasteiger partial charge on any atom is -0.487 e. The van der Waals surface area contributed by atoms with E-state index in [0.29, 0.717) is 5.82 Å². The van der Waals surface area contributed by atoms with Crippen LogP contribution in [-0.2, 0) is 4.74 Å². The summed E-state index contributed by atoms with van der Waals surface area (Å²) in [6.45, 7) is -0.401. The molecule has 0 radical (unpaired) electrons. The van der Waals surface area contributed by atoms with Gasteiger partial charge >= 0.3 is 0 Å². The van der Waals surface area contributed by atoms with Gasteiger partial charge in [0.15, 0.2) is 0 Å². The first-order valence-corrected chi connectivity index (χ1v) is 5.89. The van der Waals surface area contributed by atoms with Crippen molar-refractivity contribution >= 4 is 40.6 Å². The molecular weight excluding hydrogens is 290 g/mol. The highest BCUT2D eigenvalue weighted by atomic mass is 32.1. The number of aromatic nitrogens is 1. The van der Waals surface area contributed by atoms with Crippen LogP contribution in [0.25, 0.3) is 0 Å². The largest absolute Gasteiger partial charge is 0.487 e. The van der Waals surface area contributed by atoms with Gasteiger partial charge in [0, 0.05) is 6.20 Å². The molecule has 0 bridgehead atoms. The van der Waals surface area contributed by atoms with Crippen LogP contribution < -0.4 is 11.1 Å². The van der Waals surface area contributed by atoms with Crippen LogP contribution in [0.5, 0.6) is 0 Å². The van der Waals surface area contributed by atoms with Crippen LogP contribution in [0, 0.1) is 0 Å². The van der Waals surface area contributed by atoms with Crippen LogP contribution in [-0.4, -0.2) is 50.0 Å². The number of hydrogen-bond donors (Lipinski definition) is 5. The van der Waals surface area contributed by atoms with Crippen LogP contribution in [0.4, 0.5) is 5.82 Å². The molecule has 0 aliphatic carbocycles. The summed E-state index contributed by atoms with van der Waals surface area (Å²) < 4.78 is 4.97. The highest BCUT2D eigenvalue weighted by molar-refractivity contribution is 7.80. The lowest BCUT2D eigenvalue weighted by atomic mass is 10.4. The minimum atomic E-state index is -0.923. The average molecular weight is 305 g/mol. The van der Waals surface area contributed by atoms with Crippen LogP contribution in [0.1, 0.15) is 0 Å². The molecule has 1 heterocycles. The lowest BCUT2D eigenvalue weighted by molar-refractivity contribution is 0.0508. The zero-order valence-corrected chi connectivity index (χ0v) is 11.5. The summed E-state index contributed by atoms with van der Waals surface area (Å²) in [6.07, 6.45) is 0.696. The SMILES string of the molecule is NC(O)=S.OCC(O)COC(=S)Nc1ccccn1. The van der Waals surface area contributed by atoms with E-state index in [9.17, 15) is 0 Å². The summed E-state index contributed by atoms with van der Waals surface area (Å²) >= 11 is 8.71. The number of aliphatic hydroxyl groups is 3. The van der Waals surface area contributed by atoms with E-state index >= 15 is 0 Å². The van der Waals surface area contributed by atoms with Crippen molar-refractivity contribution < 1.29 is 20.1 Å². The summed E-state index contributed by atoms with van der Waals surface area (Å²) in [4.78, 5) is 3.98. The third-order valence-electron chi connectivity index (χ3n) is 1.51. The van der Waals surface area contributed by atoms with Crippen molar-refractivity contribution in [2.45, 2.75) is 6.10 Å². The van der Waals surface area contributed by atoms with Crippen molar-refractivity contribution in [2.75, 3.05) is 18.5 Å². The molecule has 1 rings (SSSR count). The minimum absolute atomic E-state index is 0.0465. The van der Waals surface area contributed by atoms with E-state index in [1.54, 1.807) is 24.4 Å². The van der Waals surface area contributed by atoms with E-state index < -0.39 is 11.3 Å². The fourth-order valence-electron chi connectivity index (χ4n) is 0.802. The fraction of sp³-hybridized carbons (Fsp3) is 0.300. The Morgan fingerprint density at radius 3 is 2.58 bits per heavy atom.